The molecule has 1 aromatic rings. The summed E-state index contributed by atoms with van der Waals surface area (Å²) in [4.78, 5) is 97.0. The van der Waals surface area contributed by atoms with Crippen LogP contribution in [0.2, 0.25) is 0 Å². The third-order valence-corrected chi connectivity index (χ3v) is 10.8. The first-order valence-corrected chi connectivity index (χ1v) is 19.3. The number of carbonyl (C=O) groups is 7. The van der Waals surface area contributed by atoms with E-state index in [2.05, 4.69) is 31.9 Å². The molecule has 294 valence electrons. The fourth-order valence-electron chi connectivity index (χ4n) is 6.80. The Kier molecular flexibility index (Phi) is 16.7. The van der Waals surface area contributed by atoms with Gasteiger partial charge < -0.3 is 36.8 Å². The van der Waals surface area contributed by atoms with Gasteiger partial charge in [-0.15, -0.1) is 0 Å². The Balaban J connectivity index is 2.05. The topological polar surface area (TPSA) is 195 Å². The lowest BCUT2D eigenvalue weighted by Crippen LogP contribution is -2.61. The van der Waals surface area contributed by atoms with Crippen molar-refractivity contribution in [3.05, 3.63) is 35.9 Å². The number of carbonyl (C=O) groups excluding carboxylic acids is 7. The number of hydrogen-bond donors (Lipinski definition) is 6. The van der Waals surface area contributed by atoms with Gasteiger partial charge in [-0.3, -0.25) is 33.6 Å². The van der Waals surface area contributed by atoms with Crippen LogP contribution >= 0.6 is 0 Å². The predicted octanol–water partition coefficient (Wildman–Crippen LogP) is 1.71. The second-order valence-corrected chi connectivity index (χ2v) is 14.7. The molecule has 0 aromatic heterocycles. The Morgan fingerprint density at radius 2 is 1.42 bits per heavy atom. The predicted molar refractivity (Wildman–Crippen MR) is 201 cm³/mol. The molecular formula is C39H61N7O7. The fraction of sp³-hybridized carbons (Fsp3) is 0.667. The normalized spacial score (nSPS) is 25.9. The van der Waals surface area contributed by atoms with Gasteiger partial charge in [-0.25, -0.2) is 0 Å². The van der Waals surface area contributed by atoms with Gasteiger partial charge in [0.1, 0.15) is 36.3 Å². The van der Waals surface area contributed by atoms with Gasteiger partial charge in [0.05, 0.1) is 0 Å². The molecule has 2 heterocycles. The van der Waals surface area contributed by atoms with Crippen LogP contribution in [-0.2, 0) is 40.0 Å². The molecule has 0 bridgehead atoms. The van der Waals surface area contributed by atoms with Gasteiger partial charge in [0.15, 0.2) is 0 Å². The quantitative estimate of drug-likeness (QED) is 0.199. The Bertz CT molecular complexity index is 1440. The van der Waals surface area contributed by atoms with Crippen molar-refractivity contribution >= 4 is 41.4 Å². The van der Waals surface area contributed by atoms with Crippen molar-refractivity contribution in [3.63, 3.8) is 0 Å². The van der Waals surface area contributed by atoms with Crippen molar-refractivity contribution in [2.75, 3.05) is 13.1 Å². The zero-order valence-corrected chi connectivity index (χ0v) is 32.5. The van der Waals surface area contributed by atoms with Crippen molar-refractivity contribution in [1.82, 2.24) is 36.8 Å². The number of benzene rings is 1. The maximum Gasteiger partial charge on any atom is 0.246 e. The molecule has 3 rings (SSSR count). The van der Waals surface area contributed by atoms with Gasteiger partial charge in [-0.05, 0) is 49.0 Å². The highest BCUT2D eigenvalue weighted by Gasteiger charge is 2.41. The molecule has 0 saturated carbocycles. The molecular weight excluding hydrogens is 678 g/mol. The highest BCUT2D eigenvalue weighted by Crippen LogP contribution is 2.22. The molecule has 53 heavy (non-hydrogen) atoms. The molecule has 1 aromatic carbocycles. The van der Waals surface area contributed by atoms with Gasteiger partial charge in [-0.2, -0.15) is 0 Å². The van der Waals surface area contributed by atoms with Gasteiger partial charge in [0.2, 0.25) is 41.4 Å². The lowest BCUT2D eigenvalue weighted by molar-refractivity contribution is -0.143. The first kappa shape index (κ1) is 42.9. The minimum Gasteiger partial charge on any atom is -0.354 e. The van der Waals surface area contributed by atoms with Crippen LogP contribution < -0.4 is 31.9 Å². The van der Waals surface area contributed by atoms with E-state index in [-0.39, 0.29) is 50.1 Å². The zero-order valence-electron chi connectivity index (χ0n) is 32.5. The third kappa shape index (κ3) is 12.0. The van der Waals surface area contributed by atoms with Crippen LogP contribution in [0.1, 0.15) is 99.0 Å². The molecule has 0 spiro atoms. The molecule has 14 heteroatoms. The maximum atomic E-state index is 14.4. The number of rotatable bonds is 11. The van der Waals surface area contributed by atoms with Crippen LogP contribution in [0, 0.1) is 17.8 Å². The van der Waals surface area contributed by atoms with E-state index in [1.54, 1.807) is 0 Å². The monoisotopic (exact) mass is 739 g/mol. The molecule has 2 saturated heterocycles. The van der Waals surface area contributed by atoms with Crippen molar-refractivity contribution < 1.29 is 33.6 Å². The number of fused-ring (bicyclic) bond motifs is 1. The van der Waals surface area contributed by atoms with E-state index in [4.69, 9.17) is 0 Å². The summed E-state index contributed by atoms with van der Waals surface area (Å²) in [5.74, 6) is -4.07. The first-order valence-electron chi connectivity index (χ1n) is 19.3. The lowest BCUT2D eigenvalue weighted by atomic mass is 9.94. The molecule has 0 unspecified atom stereocenters. The molecule has 14 nitrogen and oxygen atoms in total. The van der Waals surface area contributed by atoms with Crippen LogP contribution in [0.5, 0.6) is 0 Å². The summed E-state index contributed by atoms with van der Waals surface area (Å²) in [5, 5.41) is 17.1. The summed E-state index contributed by atoms with van der Waals surface area (Å²) >= 11 is 0. The van der Waals surface area contributed by atoms with Crippen molar-refractivity contribution in [2.45, 2.75) is 136 Å². The third-order valence-electron chi connectivity index (χ3n) is 10.8. The van der Waals surface area contributed by atoms with E-state index in [0.717, 1.165) is 5.56 Å². The molecule has 2 aliphatic heterocycles. The zero-order chi connectivity index (χ0) is 39.2. The minimum atomic E-state index is -1.12. The second kappa shape index (κ2) is 20.7. The smallest absolute Gasteiger partial charge is 0.246 e. The summed E-state index contributed by atoms with van der Waals surface area (Å²) in [6, 6.07) is 3.37. The number of nitrogens with zero attached hydrogens (tertiary/aromatic N) is 1. The Hall–Kier alpha value is -4.49. The van der Waals surface area contributed by atoms with Crippen LogP contribution in [0.25, 0.3) is 0 Å². The Morgan fingerprint density at radius 3 is 2.02 bits per heavy atom. The maximum absolute atomic E-state index is 14.4. The average molecular weight is 740 g/mol. The summed E-state index contributed by atoms with van der Waals surface area (Å²) in [5.41, 5.74) is 0.781. The van der Waals surface area contributed by atoms with Crippen LogP contribution in [0.15, 0.2) is 30.3 Å². The number of nitrogens with one attached hydrogen (secondary N) is 6. The van der Waals surface area contributed by atoms with Crippen molar-refractivity contribution in [3.8, 4) is 0 Å². The van der Waals surface area contributed by atoms with Crippen LogP contribution in [-0.4, -0.2) is 95.6 Å². The SMILES string of the molecule is CC[C@H](C)[C@H](NC(C)=O)C(=O)N[C@H]1CCCNC(=O)[C@H]([C@@H](C)CC)NC(=O)[C@H]([C@@H](C)CC)NC(=O)[C@@H]2CCCN2C(=O)[C@H](Cc2ccccc2)NC1=O. The van der Waals surface area contributed by atoms with Gasteiger partial charge in [-0.1, -0.05) is 91.1 Å². The van der Waals surface area contributed by atoms with E-state index in [9.17, 15) is 33.6 Å². The highest BCUT2D eigenvalue weighted by molar-refractivity contribution is 5.97. The van der Waals surface area contributed by atoms with E-state index in [1.165, 1.54) is 11.8 Å². The van der Waals surface area contributed by atoms with E-state index < -0.39 is 77.6 Å². The van der Waals surface area contributed by atoms with Crippen molar-refractivity contribution in [1.29, 1.82) is 0 Å². The molecule has 9 atom stereocenters. The molecule has 7 amide bonds. The summed E-state index contributed by atoms with van der Waals surface area (Å²) in [6.45, 7) is 13.0. The molecule has 2 fully saturated rings. The Morgan fingerprint density at radius 1 is 0.792 bits per heavy atom. The molecule has 0 aliphatic carbocycles. The fourth-order valence-corrected chi connectivity index (χ4v) is 6.80. The summed E-state index contributed by atoms with van der Waals surface area (Å²) in [6.07, 6.45) is 3.19. The molecule has 2 aliphatic rings. The average Bonchev–Trinajstić information content (AvgIpc) is 3.64. The standard InChI is InChI=1S/C39H61N7O7/c1-8-23(4)31-36(50)40-20-14-18-28(42-37(51)32(24(5)9-2)41-26(7)47)34(48)43-29(22-27-16-12-11-13-17-27)39(53)46-21-15-19-30(46)35(49)44-33(25(6)10-3)38(52)45-31/h11-13,16-17,23-25,28-33H,8-10,14-15,18-22H2,1-7H3,(H,40,50)(H,41,47)(H,42,51)(H,43,48)(H,44,49)(H,45,52)/t23-,24-,25-,28-,29-,30-,31-,32-,33-/m0/s1. The van der Waals surface area contributed by atoms with E-state index in [1.807, 2.05) is 71.9 Å². The molecule has 6 N–H and O–H groups in total. The first-order chi connectivity index (χ1) is 25.2. The van der Waals surface area contributed by atoms with Crippen molar-refractivity contribution in [2.24, 2.45) is 17.8 Å². The summed E-state index contributed by atoms with van der Waals surface area (Å²) in [7, 11) is 0. The van der Waals surface area contributed by atoms with Gasteiger partial charge in [0.25, 0.3) is 0 Å². The highest BCUT2D eigenvalue weighted by atomic mass is 16.2. The lowest BCUT2D eigenvalue weighted by Gasteiger charge is -2.33. The van der Waals surface area contributed by atoms with E-state index in [0.29, 0.717) is 32.1 Å². The number of hydrogen-bond acceptors (Lipinski definition) is 7. The summed E-state index contributed by atoms with van der Waals surface area (Å²) < 4.78 is 0. The number of amides is 7. The minimum absolute atomic E-state index is 0.0998. The van der Waals surface area contributed by atoms with Crippen LogP contribution in [0.4, 0.5) is 0 Å². The van der Waals surface area contributed by atoms with Gasteiger partial charge >= 0.3 is 0 Å². The van der Waals surface area contributed by atoms with Gasteiger partial charge in [0, 0.05) is 26.4 Å². The Labute approximate surface area is 314 Å². The molecule has 0 radical (unpaired) electrons. The largest absolute Gasteiger partial charge is 0.354 e. The van der Waals surface area contributed by atoms with Crippen LogP contribution in [0.3, 0.4) is 0 Å². The second-order valence-electron chi connectivity index (χ2n) is 14.7. The van der Waals surface area contributed by atoms with E-state index >= 15 is 0 Å².